The van der Waals surface area contributed by atoms with Gasteiger partial charge in [0, 0.05) is 22.8 Å². The Bertz CT molecular complexity index is 1410. The van der Waals surface area contributed by atoms with E-state index in [1.165, 1.54) is 61.5 Å². The van der Waals surface area contributed by atoms with Crippen LogP contribution in [0.25, 0.3) is 0 Å². The van der Waals surface area contributed by atoms with Gasteiger partial charge in [0.1, 0.15) is 0 Å². The van der Waals surface area contributed by atoms with Crippen LogP contribution in [0.3, 0.4) is 0 Å². The monoisotopic (exact) mass is 495 g/mol. The van der Waals surface area contributed by atoms with Crippen molar-refractivity contribution < 1.29 is 21.8 Å². The molecule has 0 atom stereocenters. The molecule has 32 heavy (non-hydrogen) atoms. The van der Waals surface area contributed by atoms with Crippen molar-refractivity contribution in [1.82, 2.24) is 0 Å². The van der Waals surface area contributed by atoms with Crippen LogP contribution >= 0.6 is 11.6 Å². The molecule has 0 spiro atoms. The van der Waals surface area contributed by atoms with Gasteiger partial charge in [0.25, 0.3) is 25.7 Å². The fraction of sp³-hybridized carbons (Fsp3) is 0.100. The minimum absolute atomic E-state index is 0.0230. The van der Waals surface area contributed by atoms with Crippen molar-refractivity contribution in [1.29, 1.82) is 0 Å². The summed E-state index contributed by atoms with van der Waals surface area (Å²) >= 11 is 5.81. The molecular formula is C20H18ClN3O6S2. The van der Waals surface area contributed by atoms with Crippen molar-refractivity contribution >= 4 is 48.7 Å². The van der Waals surface area contributed by atoms with E-state index in [1.807, 2.05) is 0 Å². The normalized spacial score (nSPS) is 11.7. The minimum Gasteiger partial charge on any atom is -0.280 e. The van der Waals surface area contributed by atoms with Gasteiger partial charge >= 0.3 is 0 Å². The number of hydrogen-bond acceptors (Lipinski definition) is 6. The Kier molecular flexibility index (Phi) is 6.44. The van der Waals surface area contributed by atoms with E-state index < -0.39 is 25.0 Å². The second kappa shape index (κ2) is 8.77. The van der Waals surface area contributed by atoms with Crippen LogP contribution < -0.4 is 9.44 Å². The zero-order chi connectivity index (χ0) is 23.7. The summed E-state index contributed by atoms with van der Waals surface area (Å²) in [6.07, 6.45) is 0. The summed E-state index contributed by atoms with van der Waals surface area (Å²) in [5.41, 5.74) is 0.687. The van der Waals surface area contributed by atoms with Crippen LogP contribution in [0.15, 0.2) is 70.5 Å². The zero-order valence-corrected chi connectivity index (χ0v) is 19.3. The van der Waals surface area contributed by atoms with Crippen LogP contribution in [-0.4, -0.2) is 21.8 Å². The van der Waals surface area contributed by atoms with Gasteiger partial charge in [-0.25, -0.2) is 16.8 Å². The second-order valence-corrected chi connectivity index (χ2v) is 10.7. The maximum absolute atomic E-state index is 12.9. The number of sulfonamides is 2. The Labute approximate surface area is 190 Å². The summed E-state index contributed by atoms with van der Waals surface area (Å²) < 4.78 is 56.1. The largest absolute Gasteiger partial charge is 0.280 e. The molecular weight excluding hydrogens is 478 g/mol. The number of hydrogen-bond donors (Lipinski definition) is 2. The predicted octanol–water partition coefficient (Wildman–Crippen LogP) is 4.47. The average molecular weight is 496 g/mol. The van der Waals surface area contributed by atoms with Gasteiger partial charge in [-0.1, -0.05) is 23.7 Å². The molecule has 0 aliphatic rings. The molecule has 2 N–H and O–H groups in total. The van der Waals surface area contributed by atoms with Crippen molar-refractivity contribution in [2.45, 2.75) is 23.6 Å². The molecule has 0 aliphatic carbocycles. The maximum Gasteiger partial charge on any atom is 0.270 e. The van der Waals surface area contributed by atoms with E-state index in [4.69, 9.17) is 11.6 Å². The van der Waals surface area contributed by atoms with Crippen molar-refractivity contribution in [3.05, 3.63) is 86.9 Å². The van der Waals surface area contributed by atoms with Crippen molar-refractivity contribution in [2.24, 2.45) is 0 Å². The van der Waals surface area contributed by atoms with E-state index in [-0.39, 0.29) is 26.9 Å². The van der Waals surface area contributed by atoms with Gasteiger partial charge in [-0.3, -0.25) is 19.6 Å². The van der Waals surface area contributed by atoms with Gasteiger partial charge in [0.2, 0.25) is 0 Å². The number of rotatable bonds is 7. The predicted molar refractivity (Wildman–Crippen MR) is 122 cm³/mol. The second-order valence-electron chi connectivity index (χ2n) is 6.90. The average Bonchev–Trinajstić information content (AvgIpc) is 2.71. The zero-order valence-electron chi connectivity index (χ0n) is 16.9. The number of non-ortho nitro benzene ring substituents is 1. The number of nitrogens with zero attached hydrogens (tertiary/aromatic N) is 1. The summed E-state index contributed by atoms with van der Waals surface area (Å²) in [6.45, 7) is 3.10. The molecule has 0 amide bonds. The molecule has 3 aromatic carbocycles. The molecule has 3 rings (SSSR count). The summed E-state index contributed by atoms with van der Waals surface area (Å²) in [5.74, 6) is 0. The van der Waals surface area contributed by atoms with Crippen molar-refractivity contribution in [3.63, 3.8) is 0 Å². The summed E-state index contributed by atoms with van der Waals surface area (Å²) in [7, 11) is -8.26. The number of aryl methyl sites for hydroxylation is 2. The lowest BCUT2D eigenvalue weighted by molar-refractivity contribution is -0.385. The smallest absolute Gasteiger partial charge is 0.270 e. The van der Waals surface area contributed by atoms with Crippen LogP contribution in [0, 0.1) is 24.0 Å². The molecule has 0 heterocycles. The van der Waals surface area contributed by atoms with E-state index in [2.05, 4.69) is 9.44 Å². The number of nitro benzene ring substituents is 1. The van der Waals surface area contributed by atoms with Crippen LogP contribution in [0.4, 0.5) is 17.1 Å². The SMILES string of the molecule is Cc1ccc(S(=O)(=O)Nc2ccc(Cl)cc2)cc1NS(=O)(=O)c1cc([N+](=O)[O-])ccc1C. The standard InChI is InChI=1S/C20H18ClN3O6S2/c1-13-4-10-18(31(27,28)22-16-7-5-15(21)6-8-16)12-19(13)23-32(29,30)20-11-17(24(25)26)9-3-14(20)2/h3-12,22-23H,1-2H3. The van der Waals surface area contributed by atoms with E-state index in [9.17, 15) is 26.9 Å². The van der Waals surface area contributed by atoms with Gasteiger partial charge in [0.15, 0.2) is 0 Å². The third-order valence-corrected chi connectivity index (χ3v) is 7.67. The van der Waals surface area contributed by atoms with Crippen molar-refractivity contribution in [3.8, 4) is 0 Å². The highest BCUT2D eigenvalue weighted by Gasteiger charge is 2.23. The van der Waals surface area contributed by atoms with Crippen LogP contribution in [0.5, 0.6) is 0 Å². The maximum atomic E-state index is 12.9. The Morgan fingerprint density at radius 2 is 1.44 bits per heavy atom. The first-order valence-electron chi connectivity index (χ1n) is 9.06. The first kappa shape index (κ1) is 23.5. The number of halogens is 1. The van der Waals surface area contributed by atoms with Gasteiger partial charge in [0.05, 0.1) is 20.4 Å². The highest BCUT2D eigenvalue weighted by Crippen LogP contribution is 2.28. The van der Waals surface area contributed by atoms with E-state index in [0.29, 0.717) is 16.1 Å². The molecule has 0 bridgehead atoms. The molecule has 0 aromatic heterocycles. The molecule has 0 saturated carbocycles. The minimum atomic E-state index is -4.23. The number of nitrogens with one attached hydrogen (secondary N) is 2. The lowest BCUT2D eigenvalue weighted by Gasteiger charge is -2.14. The number of anilines is 2. The molecule has 0 saturated heterocycles. The lowest BCUT2D eigenvalue weighted by Crippen LogP contribution is -2.17. The third-order valence-electron chi connectivity index (χ3n) is 4.53. The topological polar surface area (TPSA) is 135 Å². The fourth-order valence-corrected chi connectivity index (χ4v) is 5.40. The fourth-order valence-electron chi connectivity index (χ4n) is 2.80. The molecule has 0 unspecified atom stereocenters. The first-order valence-corrected chi connectivity index (χ1v) is 12.4. The Hall–Kier alpha value is -3.15. The Morgan fingerprint density at radius 3 is 2.06 bits per heavy atom. The molecule has 9 nitrogen and oxygen atoms in total. The lowest BCUT2D eigenvalue weighted by atomic mass is 10.2. The first-order chi connectivity index (χ1) is 14.9. The van der Waals surface area contributed by atoms with Gasteiger partial charge < -0.3 is 0 Å². The Morgan fingerprint density at radius 1 is 0.812 bits per heavy atom. The molecule has 168 valence electrons. The van der Waals surface area contributed by atoms with Gasteiger partial charge in [-0.05, 0) is 61.4 Å². The van der Waals surface area contributed by atoms with Crippen LogP contribution in [0.1, 0.15) is 11.1 Å². The highest BCUT2D eigenvalue weighted by atomic mass is 35.5. The van der Waals surface area contributed by atoms with Crippen LogP contribution in [-0.2, 0) is 20.0 Å². The summed E-state index contributed by atoms with van der Waals surface area (Å²) in [4.78, 5) is 9.89. The van der Waals surface area contributed by atoms with Crippen LogP contribution in [0.2, 0.25) is 5.02 Å². The van der Waals surface area contributed by atoms with E-state index >= 15 is 0 Å². The molecule has 3 aromatic rings. The molecule has 0 fully saturated rings. The summed E-state index contributed by atoms with van der Waals surface area (Å²) in [5, 5.41) is 11.5. The third kappa shape index (κ3) is 5.18. The highest BCUT2D eigenvalue weighted by molar-refractivity contribution is 7.93. The molecule has 12 heteroatoms. The quantitative estimate of drug-likeness (QED) is 0.366. The van der Waals surface area contributed by atoms with Gasteiger partial charge in [-0.2, -0.15) is 0 Å². The summed E-state index contributed by atoms with van der Waals surface area (Å²) in [6, 6.07) is 13.5. The molecule has 0 aliphatic heterocycles. The Balaban J connectivity index is 1.96. The number of benzene rings is 3. The van der Waals surface area contributed by atoms with Crippen molar-refractivity contribution in [2.75, 3.05) is 9.44 Å². The van der Waals surface area contributed by atoms with E-state index in [1.54, 1.807) is 6.92 Å². The number of nitro groups is 1. The van der Waals surface area contributed by atoms with E-state index in [0.717, 1.165) is 6.07 Å². The van der Waals surface area contributed by atoms with Gasteiger partial charge in [-0.15, -0.1) is 0 Å². The molecule has 0 radical (unpaired) electrons.